The first kappa shape index (κ1) is 17.3. The van der Waals surface area contributed by atoms with Gasteiger partial charge in [0.2, 0.25) is 0 Å². The van der Waals surface area contributed by atoms with Crippen molar-refractivity contribution in [3.05, 3.63) is 58.4 Å². The third-order valence-electron chi connectivity index (χ3n) is 3.66. The molecule has 0 aliphatic heterocycles. The molecule has 130 valence electrons. The number of benzene rings is 2. The van der Waals surface area contributed by atoms with Gasteiger partial charge in [-0.05, 0) is 30.7 Å². The molecule has 1 amide bonds. The summed E-state index contributed by atoms with van der Waals surface area (Å²) in [4.78, 5) is 16.9. The van der Waals surface area contributed by atoms with Crippen LogP contribution in [0.25, 0.3) is 10.2 Å². The second-order valence-electron chi connectivity index (χ2n) is 5.42. The van der Waals surface area contributed by atoms with Crippen molar-refractivity contribution in [2.75, 3.05) is 7.11 Å². The zero-order valence-electron chi connectivity index (χ0n) is 13.8. The van der Waals surface area contributed by atoms with Crippen molar-refractivity contribution in [1.82, 2.24) is 4.57 Å². The Morgan fingerprint density at radius 3 is 2.80 bits per heavy atom. The summed E-state index contributed by atoms with van der Waals surface area (Å²) in [5.74, 6) is -1.22. The number of carbonyl (C=O) groups is 1. The van der Waals surface area contributed by atoms with Gasteiger partial charge < -0.3 is 9.30 Å². The summed E-state index contributed by atoms with van der Waals surface area (Å²) in [6, 6.07) is 8.74. The van der Waals surface area contributed by atoms with E-state index in [1.807, 2.05) is 6.92 Å². The van der Waals surface area contributed by atoms with Crippen LogP contribution in [0.1, 0.15) is 23.7 Å². The Balaban J connectivity index is 2.16. The maximum Gasteiger partial charge on any atom is 0.279 e. The third kappa shape index (κ3) is 3.46. The molecule has 0 aliphatic rings. The summed E-state index contributed by atoms with van der Waals surface area (Å²) >= 11 is 1.09. The lowest BCUT2D eigenvalue weighted by molar-refractivity contribution is 0.0997. The van der Waals surface area contributed by atoms with Gasteiger partial charge in [0.1, 0.15) is 11.6 Å². The van der Waals surface area contributed by atoms with Crippen LogP contribution in [0.3, 0.4) is 0 Å². The number of fused-ring (bicyclic) bond motifs is 1. The van der Waals surface area contributed by atoms with Crippen LogP contribution in [-0.4, -0.2) is 17.6 Å². The van der Waals surface area contributed by atoms with Crippen LogP contribution < -0.4 is 9.54 Å². The molecule has 3 aromatic rings. The Morgan fingerprint density at radius 1 is 1.28 bits per heavy atom. The van der Waals surface area contributed by atoms with E-state index in [4.69, 9.17) is 4.74 Å². The van der Waals surface area contributed by atoms with Crippen LogP contribution in [0.15, 0.2) is 41.4 Å². The molecule has 0 bridgehead atoms. The van der Waals surface area contributed by atoms with E-state index in [2.05, 4.69) is 4.99 Å². The lowest BCUT2D eigenvalue weighted by Gasteiger charge is -2.04. The van der Waals surface area contributed by atoms with Crippen LogP contribution in [0.4, 0.5) is 8.78 Å². The SMILES string of the molecule is CCCn1c(=NC(=O)c2cccc(OC)c2)sc2cc(F)cc(F)c21. The van der Waals surface area contributed by atoms with E-state index >= 15 is 0 Å². The monoisotopic (exact) mass is 362 g/mol. The molecule has 1 heterocycles. The normalized spacial score (nSPS) is 11.9. The Hall–Kier alpha value is -2.54. The van der Waals surface area contributed by atoms with Crippen molar-refractivity contribution >= 4 is 27.5 Å². The van der Waals surface area contributed by atoms with Crippen molar-refractivity contribution in [3.8, 4) is 5.75 Å². The minimum Gasteiger partial charge on any atom is -0.497 e. The lowest BCUT2D eigenvalue weighted by atomic mass is 10.2. The highest BCUT2D eigenvalue weighted by molar-refractivity contribution is 7.16. The number of aromatic nitrogens is 1. The number of amides is 1. The van der Waals surface area contributed by atoms with Crippen LogP contribution in [0, 0.1) is 11.6 Å². The third-order valence-corrected chi connectivity index (χ3v) is 4.68. The minimum atomic E-state index is -0.657. The van der Waals surface area contributed by atoms with Crippen LogP contribution in [0.5, 0.6) is 5.75 Å². The summed E-state index contributed by atoms with van der Waals surface area (Å²) in [6.45, 7) is 2.42. The van der Waals surface area contributed by atoms with E-state index in [-0.39, 0.29) is 5.52 Å². The van der Waals surface area contributed by atoms with Crippen molar-refractivity contribution in [2.45, 2.75) is 19.9 Å². The van der Waals surface area contributed by atoms with Gasteiger partial charge in [-0.25, -0.2) is 8.78 Å². The zero-order chi connectivity index (χ0) is 18.0. The fraction of sp³-hybridized carbons (Fsp3) is 0.222. The molecule has 0 atom stereocenters. The molecule has 7 heteroatoms. The zero-order valence-corrected chi connectivity index (χ0v) is 14.6. The Kier molecular flexibility index (Phi) is 4.94. The number of methoxy groups -OCH3 is 1. The average molecular weight is 362 g/mol. The number of ether oxygens (including phenoxy) is 1. The molecule has 0 saturated heterocycles. The van der Waals surface area contributed by atoms with Crippen molar-refractivity contribution in [2.24, 2.45) is 4.99 Å². The number of hydrogen-bond donors (Lipinski definition) is 0. The molecule has 0 fully saturated rings. The van der Waals surface area contributed by atoms with E-state index in [1.165, 1.54) is 13.2 Å². The minimum absolute atomic E-state index is 0.269. The first-order valence-corrected chi connectivity index (χ1v) is 8.56. The maximum absolute atomic E-state index is 14.2. The Labute approximate surface area is 147 Å². The largest absolute Gasteiger partial charge is 0.497 e. The average Bonchev–Trinajstić information content (AvgIpc) is 2.92. The molecule has 0 saturated carbocycles. The van der Waals surface area contributed by atoms with E-state index in [9.17, 15) is 13.6 Å². The number of nitrogens with zero attached hydrogens (tertiary/aromatic N) is 2. The topological polar surface area (TPSA) is 43.6 Å². The van der Waals surface area contributed by atoms with Crippen LogP contribution >= 0.6 is 11.3 Å². The maximum atomic E-state index is 14.2. The molecule has 0 aliphatic carbocycles. The van der Waals surface area contributed by atoms with Gasteiger partial charge in [0, 0.05) is 18.2 Å². The molecule has 0 radical (unpaired) electrons. The van der Waals surface area contributed by atoms with E-state index in [0.29, 0.717) is 27.4 Å². The fourth-order valence-electron chi connectivity index (χ4n) is 2.55. The predicted octanol–water partition coefficient (Wildman–Crippen LogP) is 4.14. The number of carbonyl (C=O) groups excluding carboxylic acids is 1. The van der Waals surface area contributed by atoms with Crippen molar-refractivity contribution in [1.29, 1.82) is 0 Å². The lowest BCUT2D eigenvalue weighted by Crippen LogP contribution is -2.17. The summed E-state index contributed by atoms with van der Waals surface area (Å²) in [5.41, 5.74) is 0.636. The first-order valence-electron chi connectivity index (χ1n) is 7.75. The van der Waals surface area contributed by atoms with Crippen molar-refractivity contribution < 1.29 is 18.3 Å². The van der Waals surface area contributed by atoms with Crippen molar-refractivity contribution in [3.63, 3.8) is 0 Å². The van der Waals surface area contributed by atoms with Gasteiger partial charge in [-0.3, -0.25) is 4.79 Å². The van der Waals surface area contributed by atoms with E-state index in [1.54, 1.807) is 28.8 Å². The van der Waals surface area contributed by atoms with Crippen LogP contribution in [0.2, 0.25) is 0 Å². The van der Waals surface area contributed by atoms with Gasteiger partial charge in [-0.15, -0.1) is 0 Å². The summed E-state index contributed by atoms with van der Waals surface area (Å²) < 4.78 is 34.8. The molecule has 0 unspecified atom stereocenters. The number of rotatable bonds is 4. The number of thiazole rings is 1. The van der Waals surface area contributed by atoms with Crippen LogP contribution in [-0.2, 0) is 6.54 Å². The first-order chi connectivity index (χ1) is 12.0. The quantitative estimate of drug-likeness (QED) is 0.700. The van der Waals surface area contributed by atoms with Gasteiger partial charge >= 0.3 is 0 Å². The van der Waals surface area contributed by atoms with E-state index in [0.717, 1.165) is 23.8 Å². The number of hydrogen-bond acceptors (Lipinski definition) is 3. The standard InChI is InChI=1S/C18H16F2N2O2S/c1-3-7-22-16-14(20)9-12(19)10-15(16)25-18(22)21-17(23)11-5-4-6-13(8-11)24-2/h4-6,8-10H,3,7H2,1-2H3. The highest BCUT2D eigenvalue weighted by Crippen LogP contribution is 2.23. The van der Waals surface area contributed by atoms with Gasteiger partial charge in [-0.1, -0.05) is 24.3 Å². The Bertz CT molecular complexity index is 1010. The number of aryl methyl sites for hydroxylation is 1. The Morgan fingerprint density at radius 2 is 2.08 bits per heavy atom. The van der Waals surface area contributed by atoms with Gasteiger partial charge in [0.25, 0.3) is 5.91 Å². The van der Waals surface area contributed by atoms with Gasteiger partial charge in [-0.2, -0.15) is 4.99 Å². The van der Waals surface area contributed by atoms with Gasteiger partial charge in [0.05, 0.1) is 17.3 Å². The summed E-state index contributed by atoms with van der Waals surface area (Å²) in [6.07, 6.45) is 0.725. The number of halogens is 2. The molecule has 0 N–H and O–H groups in total. The molecular weight excluding hydrogens is 346 g/mol. The molecule has 4 nitrogen and oxygen atoms in total. The highest BCUT2D eigenvalue weighted by Gasteiger charge is 2.14. The molecule has 1 aromatic heterocycles. The molecular formula is C18H16F2N2O2S. The highest BCUT2D eigenvalue weighted by atomic mass is 32.1. The predicted molar refractivity (Wildman–Crippen MR) is 92.9 cm³/mol. The van der Waals surface area contributed by atoms with Gasteiger partial charge in [0.15, 0.2) is 10.6 Å². The second-order valence-corrected chi connectivity index (χ2v) is 6.43. The smallest absolute Gasteiger partial charge is 0.279 e. The summed E-state index contributed by atoms with van der Waals surface area (Å²) in [5, 5.41) is 0. The molecule has 3 rings (SSSR count). The van der Waals surface area contributed by atoms with E-state index < -0.39 is 17.5 Å². The fourth-order valence-corrected chi connectivity index (χ4v) is 3.65. The molecule has 25 heavy (non-hydrogen) atoms. The second kappa shape index (κ2) is 7.14. The summed E-state index contributed by atoms with van der Waals surface area (Å²) in [7, 11) is 1.51. The molecule has 0 spiro atoms. The molecule has 2 aromatic carbocycles.